The van der Waals surface area contributed by atoms with Crippen LogP contribution in [-0.2, 0) is 17.6 Å². The van der Waals surface area contributed by atoms with Crippen LogP contribution in [0.4, 0.5) is 0 Å². The van der Waals surface area contributed by atoms with Crippen LogP contribution >= 0.6 is 0 Å². The molecule has 25 heavy (non-hydrogen) atoms. The molecule has 0 radical (unpaired) electrons. The smallest absolute Gasteiger partial charge is 0.283 e. The molecule has 0 spiro atoms. The van der Waals surface area contributed by atoms with E-state index in [1.54, 1.807) is 6.92 Å². The summed E-state index contributed by atoms with van der Waals surface area (Å²) >= 11 is 0. The summed E-state index contributed by atoms with van der Waals surface area (Å²) in [5, 5.41) is 4.07. The molecule has 0 saturated heterocycles. The maximum atomic E-state index is 12.7. The second kappa shape index (κ2) is 8.38. The van der Waals surface area contributed by atoms with Crippen molar-refractivity contribution in [3.63, 3.8) is 0 Å². The maximum absolute atomic E-state index is 12.7. The summed E-state index contributed by atoms with van der Waals surface area (Å²) < 4.78 is 0. The third kappa shape index (κ3) is 4.41. The van der Waals surface area contributed by atoms with E-state index in [2.05, 4.69) is 10.5 Å². The number of nitrogens with one attached hydrogen (secondary N) is 1. The zero-order valence-electron chi connectivity index (χ0n) is 15.2. The van der Waals surface area contributed by atoms with Gasteiger partial charge in [0.05, 0.1) is 5.71 Å². The van der Waals surface area contributed by atoms with Crippen molar-refractivity contribution in [3.8, 4) is 0 Å². The summed E-state index contributed by atoms with van der Waals surface area (Å²) in [6.07, 6.45) is 1.41. The fourth-order valence-electron chi connectivity index (χ4n) is 2.83. The van der Waals surface area contributed by atoms with Crippen LogP contribution < -0.4 is 5.43 Å². The largest absolute Gasteiger partial charge is 0.312 e. The summed E-state index contributed by atoms with van der Waals surface area (Å²) in [6, 6.07) is 13.4. The van der Waals surface area contributed by atoms with Gasteiger partial charge in [-0.1, -0.05) is 61.9 Å². The van der Waals surface area contributed by atoms with E-state index in [0.717, 1.165) is 22.3 Å². The first-order valence-corrected chi connectivity index (χ1v) is 8.54. The van der Waals surface area contributed by atoms with Gasteiger partial charge in [0, 0.05) is 5.56 Å². The molecule has 0 aliphatic carbocycles. The average molecular weight is 336 g/mol. The van der Waals surface area contributed by atoms with Crippen molar-refractivity contribution >= 4 is 17.4 Å². The maximum Gasteiger partial charge on any atom is 0.312 e. The summed E-state index contributed by atoms with van der Waals surface area (Å²) in [6.45, 7) is 7.77. The highest BCUT2D eigenvalue weighted by atomic mass is 16.2. The number of rotatable bonds is 6. The minimum Gasteiger partial charge on any atom is -0.283 e. The van der Waals surface area contributed by atoms with Crippen LogP contribution in [0.3, 0.4) is 0 Å². The van der Waals surface area contributed by atoms with E-state index in [9.17, 15) is 9.59 Å². The monoisotopic (exact) mass is 336 g/mol. The van der Waals surface area contributed by atoms with Crippen molar-refractivity contribution in [3.05, 3.63) is 70.3 Å². The lowest BCUT2D eigenvalue weighted by atomic mass is 9.92. The number of aryl methyl sites for hydroxylation is 3. The molecule has 0 saturated carbocycles. The zero-order chi connectivity index (χ0) is 18.4. The van der Waals surface area contributed by atoms with Crippen molar-refractivity contribution < 1.29 is 9.59 Å². The second-order valence-corrected chi connectivity index (χ2v) is 6.00. The number of ketones is 1. The quantitative estimate of drug-likeness (QED) is 0.377. The predicted octanol–water partition coefficient (Wildman–Crippen LogP) is 3.84. The second-order valence-electron chi connectivity index (χ2n) is 6.00. The van der Waals surface area contributed by atoms with Gasteiger partial charge in [-0.2, -0.15) is 5.10 Å². The van der Waals surface area contributed by atoms with Crippen LogP contribution in [-0.4, -0.2) is 17.4 Å². The van der Waals surface area contributed by atoms with Crippen molar-refractivity contribution in [2.24, 2.45) is 5.10 Å². The van der Waals surface area contributed by atoms with Crippen LogP contribution in [0, 0.1) is 6.92 Å². The summed E-state index contributed by atoms with van der Waals surface area (Å²) in [4.78, 5) is 25.0. The Morgan fingerprint density at radius 2 is 1.56 bits per heavy atom. The van der Waals surface area contributed by atoms with Crippen LogP contribution in [0.5, 0.6) is 0 Å². The topological polar surface area (TPSA) is 58.5 Å². The van der Waals surface area contributed by atoms with E-state index >= 15 is 0 Å². The summed E-state index contributed by atoms with van der Waals surface area (Å²) in [5.41, 5.74) is 7.37. The number of carbonyl (C=O) groups is 2. The standard InChI is InChI=1S/C21H24N2O2/c1-5-16-12-14(3)13-17(6-2)19(16)20(24)21(25)23-22-15(4)18-10-8-7-9-11-18/h7-13H,5-6H2,1-4H3,(H,23,25)/b22-15+. The number of Topliss-reactive ketones (excluding diaryl/α,β-unsaturated/α-hetero) is 1. The summed E-state index contributed by atoms with van der Waals surface area (Å²) in [5.74, 6) is -1.23. The van der Waals surface area contributed by atoms with Gasteiger partial charge in [-0.05, 0) is 43.4 Å². The zero-order valence-corrected chi connectivity index (χ0v) is 15.2. The molecule has 2 aromatic carbocycles. The van der Waals surface area contributed by atoms with E-state index in [1.165, 1.54) is 0 Å². The van der Waals surface area contributed by atoms with Gasteiger partial charge in [0.1, 0.15) is 0 Å². The van der Waals surface area contributed by atoms with Crippen LogP contribution in [0.1, 0.15) is 53.4 Å². The Hall–Kier alpha value is -2.75. The van der Waals surface area contributed by atoms with Gasteiger partial charge in [0.25, 0.3) is 5.78 Å². The van der Waals surface area contributed by atoms with E-state index in [0.29, 0.717) is 24.1 Å². The van der Waals surface area contributed by atoms with Gasteiger partial charge < -0.3 is 0 Å². The highest BCUT2D eigenvalue weighted by molar-refractivity contribution is 6.43. The first-order chi connectivity index (χ1) is 12.0. The molecule has 0 atom stereocenters. The van der Waals surface area contributed by atoms with E-state index < -0.39 is 11.7 Å². The Bertz CT molecular complexity index is 783. The van der Waals surface area contributed by atoms with Crippen molar-refractivity contribution in [2.75, 3.05) is 0 Å². The Morgan fingerprint density at radius 3 is 2.08 bits per heavy atom. The number of hydrazone groups is 1. The number of hydrogen-bond donors (Lipinski definition) is 1. The van der Waals surface area contributed by atoms with Gasteiger partial charge in [-0.3, -0.25) is 9.59 Å². The van der Waals surface area contributed by atoms with E-state index in [-0.39, 0.29) is 0 Å². The van der Waals surface area contributed by atoms with Crippen molar-refractivity contribution in [1.29, 1.82) is 0 Å². The molecule has 2 aromatic rings. The third-order valence-corrected chi connectivity index (χ3v) is 4.16. The van der Waals surface area contributed by atoms with Gasteiger partial charge >= 0.3 is 5.91 Å². The molecule has 0 bridgehead atoms. The molecule has 0 aliphatic rings. The Labute approximate surface area is 149 Å². The van der Waals surface area contributed by atoms with Crippen LogP contribution in [0.25, 0.3) is 0 Å². The highest BCUT2D eigenvalue weighted by Gasteiger charge is 2.22. The molecule has 0 fully saturated rings. The number of benzene rings is 2. The molecule has 0 aromatic heterocycles. The fourth-order valence-corrected chi connectivity index (χ4v) is 2.83. The molecular weight excluding hydrogens is 312 g/mol. The SMILES string of the molecule is CCc1cc(C)cc(CC)c1C(=O)C(=O)N/N=C(\C)c1ccccc1. The molecule has 1 N–H and O–H groups in total. The minimum atomic E-state index is -0.705. The minimum absolute atomic E-state index is 0.515. The molecule has 2 rings (SSSR count). The Morgan fingerprint density at radius 1 is 1.00 bits per heavy atom. The van der Waals surface area contributed by atoms with Gasteiger partial charge in [-0.25, -0.2) is 5.43 Å². The lowest BCUT2D eigenvalue weighted by Gasteiger charge is -2.13. The highest BCUT2D eigenvalue weighted by Crippen LogP contribution is 2.20. The lowest BCUT2D eigenvalue weighted by molar-refractivity contribution is -0.117. The Kier molecular flexibility index (Phi) is 6.23. The predicted molar refractivity (Wildman–Crippen MR) is 101 cm³/mol. The van der Waals surface area contributed by atoms with Crippen LogP contribution in [0.2, 0.25) is 0 Å². The number of hydrogen-bond acceptors (Lipinski definition) is 3. The number of amides is 1. The molecule has 4 nitrogen and oxygen atoms in total. The van der Waals surface area contributed by atoms with Crippen LogP contribution in [0.15, 0.2) is 47.6 Å². The molecule has 0 heterocycles. The van der Waals surface area contributed by atoms with E-state index in [1.807, 2.05) is 63.2 Å². The lowest BCUT2D eigenvalue weighted by Crippen LogP contribution is -2.29. The van der Waals surface area contributed by atoms with Crippen molar-refractivity contribution in [2.45, 2.75) is 40.5 Å². The average Bonchev–Trinajstić information content (AvgIpc) is 2.64. The molecule has 0 unspecified atom stereocenters. The number of nitrogens with zero attached hydrogens (tertiary/aromatic N) is 1. The van der Waals surface area contributed by atoms with Gasteiger partial charge in [-0.15, -0.1) is 0 Å². The molecule has 0 aliphatic heterocycles. The first-order valence-electron chi connectivity index (χ1n) is 8.54. The Balaban J connectivity index is 2.25. The molecular formula is C21H24N2O2. The first kappa shape index (κ1) is 18.6. The van der Waals surface area contributed by atoms with Crippen molar-refractivity contribution in [1.82, 2.24) is 5.43 Å². The summed E-state index contributed by atoms with van der Waals surface area (Å²) in [7, 11) is 0. The molecule has 4 heteroatoms. The van der Waals surface area contributed by atoms with Gasteiger partial charge in [0.15, 0.2) is 0 Å². The third-order valence-electron chi connectivity index (χ3n) is 4.16. The number of carbonyl (C=O) groups excluding carboxylic acids is 2. The molecule has 130 valence electrons. The normalized spacial score (nSPS) is 11.3. The molecule has 1 amide bonds. The van der Waals surface area contributed by atoms with E-state index in [4.69, 9.17) is 0 Å². The van der Waals surface area contributed by atoms with Gasteiger partial charge in [0.2, 0.25) is 0 Å². The fraction of sp³-hybridized carbons (Fsp3) is 0.286.